The molecule has 1 unspecified atom stereocenters. The molecule has 1 atom stereocenters. The summed E-state index contributed by atoms with van der Waals surface area (Å²) in [6, 6.07) is 0. The van der Waals surface area contributed by atoms with Crippen LogP contribution in [-0.4, -0.2) is 28.2 Å². The van der Waals surface area contributed by atoms with E-state index in [9.17, 15) is 4.79 Å². The summed E-state index contributed by atoms with van der Waals surface area (Å²) in [5, 5.41) is 10.2. The van der Waals surface area contributed by atoms with Crippen LogP contribution in [0.2, 0.25) is 0 Å². The molecule has 0 saturated heterocycles. The number of hydrogen-bond donors (Lipinski definition) is 3. The number of H-pyrrole nitrogens is 1. The van der Waals surface area contributed by atoms with Gasteiger partial charge in [-0.3, -0.25) is 9.89 Å². The third kappa shape index (κ3) is 2.49. The van der Waals surface area contributed by atoms with Crippen LogP contribution >= 0.6 is 12.4 Å². The second kappa shape index (κ2) is 5.13. The van der Waals surface area contributed by atoms with E-state index in [1.807, 2.05) is 6.92 Å². The first-order chi connectivity index (χ1) is 8.64. The molecule has 0 bridgehead atoms. The highest BCUT2D eigenvalue weighted by molar-refractivity contribution is 5.94. The van der Waals surface area contributed by atoms with Crippen molar-refractivity contribution < 1.29 is 4.79 Å². The minimum absolute atomic E-state index is 0. The molecule has 1 fully saturated rings. The molecule has 3 rings (SSSR count). The molecule has 1 saturated carbocycles. The smallest absolute Gasteiger partial charge is 0.272 e. The Labute approximate surface area is 119 Å². The summed E-state index contributed by atoms with van der Waals surface area (Å²) in [6.45, 7) is 2.52. The lowest BCUT2D eigenvalue weighted by molar-refractivity contribution is 0.0891. The highest BCUT2D eigenvalue weighted by Crippen LogP contribution is 2.39. The number of nitrogens with one attached hydrogen (secondary N) is 2. The molecule has 2 aliphatic carbocycles. The number of halogens is 1. The van der Waals surface area contributed by atoms with Crippen LogP contribution in [0, 0.1) is 5.92 Å². The average Bonchev–Trinajstić information content (AvgIpc) is 2.98. The molecule has 2 aliphatic rings. The van der Waals surface area contributed by atoms with Crippen molar-refractivity contribution >= 4 is 18.3 Å². The fourth-order valence-corrected chi connectivity index (χ4v) is 2.87. The summed E-state index contributed by atoms with van der Waals surface area (Å²) in [7, 11) is 0. The molecule has 0 spiro atoms. The van der Waals surface area contributed by atoms with E-state index in [-0.39, 0.29) is 23.9 Å². The van der Waals surface area contributed by atoms with Crippen molar-refractivity contribution in [2.75, 3.05) is 6.54 Å². The van der Waals surface area contributed by atoms with E-state index in [1.54, 1.807) is 0 Å². The second-order valence-electron chi connectivity index (χ2n) is 5.73. The molecular formula is C13H21ClN4O. The zero-order chi connectivity index (χ0) is 12.8. The molecule has 19 heavy (non-hydrogen) atoms. The number of carbonyl (C=O) groups excluding carboxylic acids is 1. The maximum Gasteiger partial charge on any atom is 0.272 e. The molecule has 0 aromatic carbocycles. The molecule has 106 valence electrons. The largest absolute Gasteiger partial charge is 0.344 e. The van der Waals surface area contributed by atoms with Crippen LogP contribution in [0.15, 0.2) is 0 Å². The van der Waals surface area contributed by atoms with Crippen LogP contribution < -0.4 is 11.1 Å². The number of amides is 1. The average molecular weight is 285 g/mol. The third-order valence-corrected chi connectivity index (χ3v) is 4.32. The highest BCUT2D eigenvalue weighted by atomic mass is 35.5. The summed E-state index contributed by atoms with van der Waals surface area (Å²) in [5.41, 5.74) is 8.34. The molecule has 4 N–H and O–H groups in total. The molecule has 1 aromatic rings. The van der Waals surface area contributed by atoms with Crippen molar-refractivity contribution in [1.82, 2.24) is 15.5 Å². The SMILES string of the molecule is CC(CN)(NC(=O)c1n[nH]c2c1CCC2)C1CC1.Cl. The van der Waals surface area contributed by atoms with Crippen LogP contribution in [-0.2, 0) is 12.8 Å². The van der Waals surface area contributed by atoms with Gasteiger partial charge in [-0.15, -0.1) is 12.4 Å². The summed E-state index contributed by atoms with van der Waals surface area (Å²) >= 11 is 0. The van der Waals surface area contributed by atoms with E-state index in [2.05, 4.69) is 15.5 Å². The number of aryl methyl sites for hydroxylation is 1. The first kappa shape index (κ1) is 14.3. The summed E-state index contributed by atoms with van der Waals surface area (Å²) in [4.78, 5) is 12.3. The summed E-state index contributed by atoms with van der Waals surface area (Å²) < 4.78 is 0. The number of fused-ring (bicyclic) bond motifs is 1. The van der Waals surface area contributed by atoms with Crippen molar-refractivity contribution in [1.29, 1.82) is 0 Å². The van der Waals surface area contributed by atoms with Gasteiger partial charge in [0.2, 0.25) is 0 Å². The highest BCUT2D eigenvalue weighted by Gasteiger charge is 2.42. The number of nitrogens with zero attached hydrogens (tertiary/aromatic N) is 1. The Bertz CT molecular complexity index is 483. The lowest BCUT2D eigenvalue weighted by Gasteiger charge is -2.29. The number of rotatable bonds is 4. The van der Waals surface area contributed by atoms with Gasteiger partial charge in [-0.05, 0) is 44.9 Å². The van der Waals surface area contributed by atoms with Gasteiger partial charge in [0.1, 0.15) is 0 Å². The molecule has 0 radical (unpaired) electrons. The van der Waals surface area contributed by atoms with Gasteiger partial charge < -0.3 is 11.1 Å². The molecule has 5 nitrogen and oxygen atoms in total. The molecular weight excluding hydrogens is 264 g/mol. The maximum atomic E-state index is 12.3. The van der Waals surface area contributed by atoms with E-state index in [0.717, 1.165) is 43.4 Å². The van der Waals surface area contributed by atoms with E-state index in [4.69, 9.17) is 5.73 Å². The monoisotopic (exact) mass is 284 g/mol. The van der Waals surface area contributed by atoms with Crippen LogP contribution in [0.3, 0.4) is 0 Å². The van der Waals surface area contributed by atoms with Gasteiger partial charge in [-0.25, -0.2) is 0 Å². The number of aromatic nitrogens is 2. The lowest BCUT2D eigenvalue weighted by atomic mass is 9.95. The Kier molecular flexibility index (Phi) is 3.87. The Balaban J connectivity index is 0.00000133. The predicted octanol–water partition coefficient (Wildman–Crippen LogP) is 1.18. The van der Waals surface area contributed by atoms with E-state index in [1.165, 1.54) is 0 Å². The van der Waals surface area contributed by atoms with Gasteiger partial charge in [-0.2, -0.15) is 5.10 Å². The summed E-state index contributed by atoms with van der Waals surface area (Å²) in [6.07, 6.45) is 5.39. The molecule has 0 aliphatic heterocycles. The van der Waals surface area contributed by atoms with Crippen LogP contribution in [0.5, 0.6) is 0 Å². The van der Waals surface area contributed by atoms with Crippen molar-refractivity contribution in [3.63, 3.8) is 0 Å². The Morgan fingerprint density at radius 3 is 2.89 bits per heavy atom. The predicted molar refractivity (Wildman–Crippen MR) is 75.5 cm³/mol. The zero-order valence-corrected chi connectivity index (χ0v) is 12.0. The summed E-state index contributed by atoms with van der Waals surface area (Å²) in [5.74, 6) is 0.452. The quantitative estimate of drug-likeness (QED) is 0.776. The third-order valence-electron chi connectivity index (χ3n) is 4.32. The minimum Gasteiger partial charge on any atom is -0.344 e. The molecule has 1 aromatic heterocycles. The molecule has 1 heterocycles. The topological polar surface area (TPSA) is 83.8 Å². The van der Waals surface area contributed by atoms with Crippen molar-refractivity contribution in [3.8, 4) is 0 Å². The van der Waals surface area contributed by atoms with Crippen LogP contribution in [0.25, 0.3) is 0 Å². The first-order valence-corrected chi connectivity index (χ1v) is 6.73. The fourth-order valence-electron chi connectivity index (χ4n) is 2.87. The number of nitrogens with two attached hydrogens (primary N) is 1. The number of hydrogen-bond acceptors (Lipinski definition) is 3. The van der Waals surface area contributed by atoms with E-state index in [0.29, 0.717) is 18.2 Å². The van der Waals surface area contributed by atoms with Gasteiger partial charge in [0.15, 0.2) is 5.69 Å². The second-order valence-corrected chi connectivity index (χ2v) is 5.73. The van der Waals surface area contributed by atoms with Crippen LogP contribution in [0.1, 0.15) is 47.9 Å². The van der Waals surface area contributed by atoms with Gasteiger partial charge in [0, 0.05) is 17.8 Å². The maximum absolute atomic E-state index is 12.3. The van der Waals surface area contributed by atoms with Gasteiger partial charge >= 0.3 is 0 Å². The molecule has 1 amide bonds. The lowest BCUT2D eigenvalue weighted by Crippen LogP contribution is -2.53. The number of carbonyl (C=O) groups is 1. The van der Waals surface area contributed by atoms with Crippen LogP contribution in [0.4, 0.5) is 0 Å². The van der Waals surface area contributed by atoms with Crippen molar-refractivity contribution in [3.05, 3.63) is 17.0 Å². The van der Waals surface area contributed by atoms with Crippen molar-refractivity contribution in [2.24, 2.45) is 11.7 Å². The zero-order valence-electron chi connectivity index (χ0n) is 11.2. The first-order valence-electron chi connectivity index (χ1n) is 6.73. The minimum atomic E-state index is -0.276. The van der Waals surface area contributed by atoms with Gasteiger partial charge in [-0.1, -0.05) is 0 Å². The Hall–Kier alpha value is -1.07. The van der Waals surface area contributed by atoms with E-state index >= 15 is 0 Å². The van der Waals surface area contributed by atoms with E-state index < -0.39 is 0 Å². The van der Waals surface area contributed by atoms with Crippen molar-refractivity contribution in [2.45, 2.75) is 44.6 Å². The normalized spacial score (nSPS) is 20.3. The Morgan fingerprint density at radius 2 is 2.26 bits per heavy atom. The molecule has 6 heteroatoms. The Morgan fingerprint density at radius 1 is 1.53 bits per heavy atom. The van der Waals surface area contributed by atoms with Gasteiger partial charge in [0.05, 0.1) is 5.54 Å². The fraction of sp³-hybridized carbons (Fsp3) is 0.692. The van der Waals surface area contributed by atoms with Gasteiger partial charge in [0.25, 0.3) is 5.91 Å². The number of aromatic amines is 1. The standard InChI is InChI=1S/C13H20N4O.ClH/c1-13(7-14,8-5-6-8)15-12(18)11-9-3-2-4-10(9)16-17-11;/h8H,2-7,14H2,1H3,(H,15,18)(H,16,17);1H.